The fourth-order valence-electron chi connectivity index (χ4n) is 8.37. The molecule has 342 valence electrons. The molecule has 2 amide bonds. The quantitative estimate of drug-likeness (QED) is 0.0854. The molecule has 13 nitrogen and oxygen atoms in total. The first-order chi connectivity index (χ1) is 29.6. The highest BCUT2D eigenvalue weighted by atomic mass is 16.5. The third-order valence-electron chi connectivity index (χ3n) is 12.6. The fourth-order valence-corrected chi connectivity index (χ4v) is 8.37. The van der Waals surface area contributed by atoms with Crippen LogP contribution in [0.4, 0.5) is 0 Å². The van der Waals surface area contributed by atoms with E-state index < -0.39 is 60.1 Å². The minimum atomic E-state index is -1.29. The number of benzene rings is 1. The fraction of sp³-hybridized carbons (Fsp3) is 0.612. The van der Waals surface area contributed by atoms with Crippen molar-refractivity contribution in [3.63, 3.8) is 0 Å². The lowest BCUT2D eigenvalue weighted by molar-refractivity contribution is -0.155. The highest BCUT2D eigenvalue weighted by molar-refractivity contribution is 5.89. The molecule has 1 saturated heterocycles. The zero-order valence-corrected chi connectivity index (χ0v) is 37.5. The standard InChI is InChI=1S/C49H72N4O9/c1-32(2)43-31-50-42(30-37-18-13-20-39(56)29-37)48(60)53-28-14-21-41(52-53)49(61)62-45(33(3)15-12-19-38(55)26-25-36-16-8-6-9-17-36)23-11-7-10-22-44(57)35(5)46(58)40(47(59)51-43)27-24-34(4)54/h7,10-13,15,18-20,22,29,32,35-36,40-46,50,52,56-58H,6,8-9,14,16-17,21,23-28,30-31H2,1-5H3,(H,51,59)/b11-7+,19-12+,22-10+,33-15+/t35-,40+,41?,42-,43+,44-,45-,46+/m0/s1. The SMILES string of the molecule is CC(=O)CC[C@H]1C(=O)N[C@@H](C(C)C)CN[C@@H](Cc2cccc(O)c2)C(=O)N2CCCC(N2)C(=O)O[C@H](/C(C)=C/C=C/C(=O)CCC2CCCCC2)C/C=C/C=C/[C@H](O)[C@H](C)[C@H]1O. The smallest absolute Gasteiger partial charge is 0.325 e. The first-order valence-electron chi connectivity index (χ1n) is 22.8. The van der Waals surface area contributed by atoms with Gasteiger partial charge in [0.15, 0.2) is 5.78 Å². The maximum absolute atomic E-state index is 14.4. The maximum Gasteiger partial charge on any atom is 0.325 e. The van der Waals surface area contributed by atoms with E-state index in [1.54, 1.807) is 67.6 Å². The minimum absolute atomic E-state index is 0.0510. The number of amides is 2. The molecule has 0 aromatic heterocycles. The molecule has 1 aromatic carbocycles. The number of aromatic hydroxyl groups is 1. The lowest BCUT2D eigenvalue weighted by Crippen LogP contribution is -2.61. The van der Waals surface area contributed by atoms with Gasteiger partial charge in [-0.2, -0.15) is 0 Å². The number of phenols is 1. The van der Waals surface area contributed by atoms with E-state index in [1.165, 1.54) is 50.1 Å². The number of nitrogens with one attached hydrogen (secondary N) is 3. The van der Waals surface area contributed by atoms with Gasteiger partial charge in [-0.05, 0) is 87.1 Å². The molecule has 2 aliphatic heterocycles. The van der Waals surface area contributed by atoms with Gasteiger partial charge < -0.3 is 35.5 Å². The molecule has 0 spiro atoms. The zero-order valence-electron chi connectivity index (χ0n) is 37.5. The maximum atomic E-state index is 14.4. The number of phenolic OH excluding ortho intramolecular Hbond substituents is 1. The Labute approximate surface area is 368 Å². The Balaban J connectivity index is 1.63. The van der Waals surface area contributed by atoms with Gasteiger partial charge in [0, 0.05) is 44.3 Å². The highest BCUT2D eigenvalue weighted by Gasteiger charge is 2.37. The van der Waals surface area contributed by atoms with Crippen LogP contribution in [0.1, 0.15) is 117 Å². The molecule has 2 heterocycles. The minimum Gasteiger partial charge on any atom is -0.508 e. The van der Waals surface area contributed by atoms with Crippen molar-refractivity contribution in [3.8, 4) is 5.75 Å². The largest absolute Gasteiger partial charge is 0.508 e. The number of aliphatic hydroxyl groups is 2. The Morgan fingerprint density at radius 2 is 1.74 bits per heavy atom. The van der Waals surface area contributed by atoms with Crippen molar-refractivity contribution in [1.82, 2.24) is 21.1 Å². The third kappa shape index (κ3) is 16.4. The molecule has 8 atom stereocenters. The van der Waals surface area contributed by atoms with Gasteiger partial charge in [0.05, 0.1) is 24.2 Å². The Bertz CT molecular complexity index is 1770. The van der Waals surface area contributed by atoms with Crippen molar-refractivity contribution in [2.45, 2.75) is 155 Å². The molecule has 1 saturated carbocycles. The summed E-state index contributed by atoms with van der Waals surface area (Å²) in [6.07, 6.45) is 17.6. The number of carbonyl (C=O) groups excluding carboxylic acids is 5. The van der Waals surface area contributed by atoms with E-state index in [2.05, 4.69) is 16.1 Å². The van der Waals surface area contributed by atoms with Gasteiger partial charge in [0.25, 0.3) is 5.91 Å². The first-order valence-corrected chi connectivity index (χ1v) is 22.8. The van der Waals surface area contributed by atoms with Gasteiger partial charge in [-0.3, -0.25) is 24.2 Å². The normalized spacial score (nSPS) is 29.3. The van der Waals surface area contributed by atoms with Crippen LogP contribution in [0.3, 0.4) is 0 Å². The summed E-state index contributed by atoms with van der Waals surface area (Å²) in [5.41, 5.74) is 4.53. The van der Waals surface area contributed by atoms with Crippen molar-refractivity contribution < 1.29 is 44.0 Å². The number of ether oxygens (including phenoxy) is 1. The number of Topliss-reactive ketones (excluding diaryl/α,β-unsaturated/α-hetero) is 1. The Morgan fingerprint density at radius 1 is 0.984 bits per heavy atom. The number of hydrogen-bond acceptors (Lipinski definition) is 11. The van der Waals surface area contributed by atoms with E-state index in [9.17, 15) is 39.3 Å². The van der Waals surface area contributed by atoms with E-state index in [0.717, 1.165) is 6.42 Å². The lowest BCUT2D eigenvalue weighted by Gasteiger charge is -2.36. The van der Waals surface area contributed by atoms with Crippen LogP contribution in [0.5, 0.6) is 5.75 Å². The molecular formula is C49H72N4O9. The van der Waals surface area contributed by atoms with E-state index in [4.69, 9.17) is 4.74 Å². The molecule has 1 aromatic rings. The van der Waals surface area contributed by atoms with E-state index in [1.807, 2.05) is 20.8 Å². The summed E-state index contributed by atoms with van der Waals surface area (Å²) in [6.45, 7) is 9.26. The number of esters is 1. The summed E-state index contributed by atoms with van der Waals surface area (Å²) in [7, 11) is 0. The van der Waals surface area contributed by atoms with Gasteiger partial charge in [-0.25, -0.2) is 5.43 Å². The average molecular weight is 861 g/mol. The van der Waals surface area contributed by atoms with Crippen molar-refractivity contribution in [2.24, 2.45) is 23.7 Å². The second kappa shape index (κ2) is 25.6. The van der Waals surface area contributed by atoms with Crippen LogP contribution in [-0.2, 0) is 35.1 Å². The number of aliphatic hydroxyl groups excluding tert-OH is 2. The second-order valence-electron chi connectivity index (χ2n) is 17.9. The van der Waals surface area contributed by atoms with Gasteiger partial charge in [0.1, 0.15) is 23.7 Å². The number of allylic oxidation sites excluding steroid dienone is 5. The monoisotopic (exact) mass is 861 g/mol. The zero-order chi connectivity index (χ0) is 45.2. The van der Waals surface area contributed by atoms with Crippen molar-refractivity contribution >= 4 is 29.4 Å². The summed E-state index contributed by atoms with van der Waals surface area (Å²) >= 11 is 0. The molecule has 4 rings (SSSR count). The molecule has 6 N–H and O–H groups in total. The van der Waals surface area contributed by atoms with Gasteiger partial charge in [0.2, 0.25) is 5.91 Å². The summed E-state index contributed by atoms with van der Waals surface area (Å²) in [4.78, 5) is 67.0. The predicted octanol–water partition coefficient (Wildman–Crippen LogP) is 5.73. The molecule has 0 radical (unpaired) electrons. The van der Waals surface area contributed by atoms with Crippen LogP contribution in [0.2, 0.25) is 0 Å². The lowest BCUT2D eigenvalue weighted by atomic mass is 9.84. The van der Waals surface area contributed by atoms with Crippen LogP contribution in [-0.4, -0.2) is 99.2 Å². The number of rotatable bonds is 12. The summed E-state index contributed by atoms with van der Waals surface area (Å²) in [6, 6.07) is 4.48. The van der Waals surface area contributed by atoms with E-state index in [-0.39, 0.29) is 61.4 Å². The van der Waals surface area contributed by atoms with Crippen molar-refractivity contribution in [3.05, 3.63) is 77.9 Å². The average Bonchev–Trinajstić information content (AvgIpc) is 3.25. The number of fused-ring (bicyclic) bond motifs is 2. The molecule has 1 unspecified atom stereocenters. The number of hydrazine groups is 1. The van der Waals surface area contributed by atoms with Crippen molar-refractivity contribution in [1.29, 1.82) is 0 Å². The molecule has 1 aliphatic carbocycles. The topological polar surface area (TPSA) is 195 Å². The Kier molecular flexibility index (Phi) is 20.8. The molecule has 13 heteroatoms. The molecule has 2 fully saturated rings. The van der Waals surface area contributed by atoms with E-state index in [0.29, 0.717) is 42.9 Å². The van der Waals surface area contributed by atoms with Crippen LogP contribution < -0.4 is 16.1 Å². The molecule has 62 heavy (non-hydrogen) atoms. The number of hydrogen-bond donors (Lipinski definition) is 6. The summed E-state index contributed by atoms with van der Waals surface area (Å²) < 4.78 is 6.13. The van der Waals surface area contributed by atoms with Crippen molar-refractivity contribution in [2.75, 3.05) is 13.1 Å². The first kappa shape index (κ1) is 50.2. The van der Waals surface area contributed by atoms with Crippen LogP contribution in [0, 0.1) is 23.7 Å². The predicted molar refractivity (Wildman–Crippen MR) is 239 cm³/mol. The number of cyclic esters (lactones) is 1. The Hall–Kier alpha value is -4.43. The molecule has 2 bridgehead atoms. The summed E-state index contributed by atoms with van der Waals surface area (Å²) in [5, 5.41) is 40.8. The van der Waals surface area contributed by atoms with Gasteiger partial charge in [-0.15, -0.1) is 0 Å². The molecule has 3 aliphatic rings. The van der Waals surface area contributed by atoms with Crippen LogP contribution in [0.25, 0.3) is 0 Å². The summed E-state index contributed by atoms with van der Waals surface area (Å²) in [5.74, 6) is -2.64. The van der Waals surface area contributed by atoms with E-state index >= 15 is 0 Å². The number of carbonyl (C=O) groups is 5. The second-order valence-corrected chi connectivity index (χ2v) is 17.9. The van der Waals surface area contributed by atoms with Gasteiger partial charge >= 0.3 is 5.97 Å². The number of ketones is 2. The van der Waals surface area contributed by atoms with Gasteiger partial charge in [-0.1, -0.05) is 101 Å². The number of nitrogens with zero attached hydrogens (tertiary/aromatic N) is 1. The Morgan fingerprint density at radius 3 is 2.45 bits per heavy atom. The highest BCUT2D eigenvalue weighted by Crippen LogP contribution is 2.28. The van der Waals surface area contributed by atoms with Crippen LogP contribution in [0.15, 0.2) is 72.4 Å². The van der Waals surface area contributed by atoms with Crippen LogP contribution >= 0.6 is 0 Å². The molecular weight excluding hydrogens is 789 g/mol. The third-order valence-corrected chi connectivity index (χ3v) is 12.6.